The molecule has 4 nitrogen and oxygen atoms in total. The highest BCUT2D eigenvalue weighted by molar-refractivity contribution is 5.95. The van der Waals surface area contributed by atoms with E-state index in [1.54, 1.807) is 0 Å². The summed E-state index contributed by atoms with van der Waals surface area (Å²) in [6, 6.07) is 10.2. The number of unbranched alkanes of at least 4 members (excludes halogenated alkanes) is 1. The van der Waals surface area contributed by atoms with Crippen LogP contribution in [0.4, 0.5) is 0 Å². The van der Waals surface area contributed by atoms with Crippen molar-refractivity contribution in [2.75, 3.05) is 13.1 Å². The molecule has 1 N–H and O–H groups in total. The van der Waals surface area contributed by atoms with Gasteiger partial charge in [-0.1, -0.05) is 30.3 Å². The average Bonchev–Trinajstić information content (AvgIpc) is 3.32. The lowest BCUT2D eigenvalue weighted by molar-refractivity contribution is -0.146. The lowest BCUT2D eigenvalue weighted by Gasteiger charge is -2.35. The van der Waals surface area contributed by atoms with Crippen LogP contribution in [0.2, 0.25) is 0 Å². The number of aryl methyl sites for hydroxylation is 1. The number of benzene rings is 1. The molecule has 1 aliphatic carbocycles. The van der Waals surface area contributed by atoms with Crippen LogP contribution in [-0.4, -0.2) is 35.8 Å². The van der Waals surface area contributed by atoms with Gasteiger partial charge < -0.3 is 10.2 Å². The van der Waals surface area contributed by atoms with Crippen LogP contribution in [-0.2, 0) is 16.0 Å². The highest BCUT2D eigenvalue weighted by Gasteiger charge is 2.44. The Morgan fingerprint density at radius 2 is 1.86 bits per heavy atom. The Balaban J connectivity index is 1.50. The van der Waals surface area contributed by atoms with Crippen LogP contribution in [0.1, 0.15) is 31.2 Å². The number of hydrogen-bond donors (Lipinski definition) is 1. The summed E-state index contributed by atoms with van der Waals surface area (Å²) in [6.45, 7) is 0.876. The quantitative estimate of drug-likeness (QED) is 0.810. The van der Waals surface area contributed by atoms with Crippen molar-refractivity contribution in [1.82, 2.24) is 10.2 Å². The average molecular weight is 286 g/mol. The zero-order valence-electron chi connectivity index (χ0n) is 12.3. The second-order valence-corrected chi connectivity index (χ2v) is 6.03. The second-order valence-electron chi connectivity index (χ2n) is 6.03. The predicted molar refractivity (Wildman–Crippen MR) is 80.6 cm³/mol. The first kappa shape index (κ1) is 14.1. The predicted octanol–water partition coefficient (Wildman–Crippen LogP) is 1.75. The van der Waals surface area contributed by atoms with Gasteiger partial charge in [-0.25, -0.2) is 0 Å². The van der Waals surface area contributed by atoms with Crippen molar-refractivity contribution >= 4 is 11.8 Å². The molecule has 1 aromatic carbocycles. The van der Waals surface area contributed by atoms with Crippen molar-refractivity contribution in [3.05, 3.63) is 35.9 Å². The lowest BCUT2D eigenvalue weighted by atomic mass is 10.0. The summed E-state index contributed by atoms with van der Waals surface area (Å²) in [4.78, 5) is 25.9. The van der Waals surface area contributed by atoms with Gasteiger partial charge >= 0.3 is 0 Å². The molecule has 1 unspecified atom stereocenters. The fourth-order valence-electron chi connectivity index (χ4n) is 3.07. The lowest BCUT2D eigenvalue weighted by Crippen LogP contribution is -2.59. The third kappa shape index (κ3) is 3.43. The zero-order chi connectivity index (χ0) is 14.7. The van der Waals surface area contributed by atoms with Crippen LogP contribution in [0.15, 0.2) is 30.3 Å². The molecule has 0 bridgehead atoms. The Labute approximate surface area is 125 Å². The summed E-state index contributed by atoms with van der Waals surface area (Å²) in [7, 11) is 0. The fourth-order valence-corrected chi connectivity index (χ4v) is 3.07. The maximum absolute atomic E-state index is 12.1. The van der Waals surface area contributed by atoms with Crippen LogP contribution < -0.4 is 5.32 Å². The summed E-state index contributed by atoms with van der Waals surface area (Å²) >= 11 is 0. The molecule has 1 aromatic rings. The van der Waals surface area contributed by atoms with Gasteiger partial charge in [-0.2, -0.15) is 0 Å². The van der Waals surface area contributed by atoms with Crippen molar-refractivity contribution in [1.29, 1.82) is 0 Å². The third-order valence-electron chi connectivity index (χ3n) is 4.36. The van der Waals surface area contributed by atoms with E-state index in [0.717, 1.165) is 32.1 Å². The van der Waals surface area contributed by atoms with Crippen LogP contribution >= 0.6 is 0 Å². The fraction of sp³-hybridized carbons (Fsp3) is 0.529. The summed E-state index contributed by atoms with van der Waals surface area (Å²) in [6.07, 6.45) is 5.19. The highest BCUT2D eigenvalue weighted by atomic mass is 16.2. The summed E-state index contributed by atoms with van der Waals surface area (Å²) < 4.78 is 0. The van der Waals surface area contributed by atoms with Gasteiger partial charge in [0.05, 0.1) is 6.54 Å². The Bertz CT molecular complexity index is 511. The highest BCUT2D eigenvalue weighted by Crippen LogP contribution is 2.36. The SMILES string of the molecule is O=C1NCC(=O)N(CCCCc2ccccc2)C1C1CC1. The molecule has 21 heavy (non-hydrogen) atoms. The monoisotopic (exact) mass is 286 g/mol. The van der Waals surface area contributed by atoms with Crippen molar-refractivity contribution in [2.24, 2.45) is 5.92 Å². The Morgan fingerprint density at radius 3 is 2.57 bits per heavy atom. The van der Waals surface area contributed by atoms with E-state index in [1.807, 2.05) is 11.0 Å². The standard InChI is InChI=1S/C17H22N2O2/c20-15-12-18-17(21)16(14-9-10-14)19(15)11-5-4-8-13-6-2-1-3-7-13/h1-3,6-7,14,16H,4-5,8-12H2,(H,18,21). The molecule has 0 radical (unpaired) electrons. The first-order valence-electron chi connectivity index (χ1n) is 7.87. The Hall–Kier alpha value is -1.84. The van der Waals surface area contributed by atoms with E-state index in [-0.39, 0.29) is 24.4 Å². The number of piperazine rings is 1. The molecular weight excluding hydrogens is 264 g/mol. The molecule has 2 fully saturated rings. The van der Waals surface area contributed by atoms with E-state index in [1.165, 1.54) is 5.56 Å². The Morgan fingerprint density at radius 1 is 1.10 bits per heavy atom. The van der Waals surface area contributed by atoms with Gasteiger partial charge in [0, 0.05) is 6.54 Å². The number of carbonyl (C=O) groups is 2. The number of nitrogens with one attached hydrogen (secondary N) is 1. The van der Waals surface area contributed by atoms with Crippen molar-refractivity contribution in [2.45, 2.75) is 38.1 Å². The molecule has 112 valence electrons. The van der Waals surface area contributed by atoms with E-state index < -0.39 is 0 Å². The smallest absolute Gasteiger partial charge is 0.243 e. The van der Waals surface area contributed by atoms with E-state index >= 15 is 0 Å². The van der Waals surface area contributed by atoms with Gasteiger partial charge in [0.15, 0.2) is 0 Å². The van der Waals surface area contributed by atoms with Gasteiger partial charge in [0.2, 0.25) is 11.8 Å². The van der Waals surface area contributed by atoms with Crippen molar-refractivity contribution in [3.63, 3.8) is 0 Å². The number of carbonyl (C=O) groups excluding carboxylic acids is 2. The minimum Gasteiger partial charge on any atom is -0.345 e. The van der Waals surface area contributed by atoms with Gasteiger partial charge in [0.1, 0.15) is 6.04 Å². The molecule has 0 aromatic heterocycles. The topological polar surface area (TPSA) is 49.4 Å². The maximum atomic E-state index is 12.1. The molecule has 2 amide bonds. The van der Waals surface area contributed by atoms with Crippen LogP contribution in [0.5, 0.6) is 0 Å². The van der Waals surface area contributed by atoms with Gasteiger partial charge in [-0.15, -0.1) is 0 Å². The van der Waals surface area contributed by atoms with E-state index in [9.17, 15) is 9.59 Å². The normalized spacial score (nSPS) is 22.3. The van der Waals surface area contributed by atoms with Crippen LogP contribution in [0, 0.1) is 5.92 Å². The van der Waals surface area contributed by atoms with Crippen molar-refractivity contribution in [3.8, 4) is 0 Å². The minimum absolute atomic E-state index is 0.0418. The summed E-state index contributed by atoms with van der Waals surface area (Å²) in [5.41, 5.74) is 1.33. The third-order valence-corrected chi connectivity index (χ3v) is 4.36. The van der Waals surface area contributed by atoms with Crippen LogP contribution in [0.25, 0.3) is 0 Å². The molecule has 4 heteroatoms. The molecule has 2 aliphatic rings. The molecule has 1 aliphatic heterocycles. The zero-order valence-corrected chi connectivity index (χ0v) is 12.3. The van der Waals surface area contributed by atoms with Gasteiger partial charge in [0.25, 0.3) is 0 Å². The van der Waals surface area contributed by atoms with Gasteiger partial charge in [-0.05, 0) is 43.6 Å². The minimum atomic E-state index is -0.206. The largest absolute Gasteiger partial charge is 0.345 e. The number of rotatable bonds is 6. The number of hydrogen-bond acceptors (Lipinski definition) is 2. The van der Waals surface area contributed by atoms with E-state index in [4.69, 9.17) is 0 Å². The van der Waals surface area contributed by atoms with E-state index in [0.29, 0.717) is 12.5 Å². The Kier molecular flexibility index (Phi) is 4.23. The van der Waals surface area contributed by atoms with E-state index in [2.05, 4.69) is 29.6 Å². The maximum Gasteiger partial charge on any atom is 0.243 e. The molecule has 1 saturated heterocycles. The molecule has 3 rings (SSSR count). The number of amides is 2. The second kappa shape index (κ2) is 6.29. The van der Waals surface area contributed by atoms with Crippen LogP contribution in [0.3, 0.4) is 0 Å². The van der Waals surface area contributed by atoms with Gasteiger partial charge in [-0.3, -0.25) is 9.59 Å². The summed E-state index contributed by atoms with van der Waals surface area (Å²) in [5.74, 6) is 0.509. The molecule has 0 spiro atoms. The van der Waals surface area contributed by atoms with Crippen molar-refractivity contribution < 1.29 is 9.59 Å². The molecular formula is C17H22N2O2. The number of nitrogens with zero attached hydrogens (tertiary/aromatic N) is 1. The summed E-state index contributed by atoms with van der Waals surface area (Å²) in [5, 5.41) is 2.72. The molecule has 1 atom stereocenters. The first-order valence-corrected chi connectivity index (χ1v) is 7.87. The first-order chi connectivity index (χ1) is 10.3. The molecule has 1 heterocycles. The molecule has 1 saturated carbocycles.